The van der Waals surface area contributed by atoms with E-state index in [-0.39, 0.29) is 12.0 Å². The summed E-state index contributed by atoms with van der Waals surface area (Å²) >= 11 is 1.36. The number of nitrogens with zero attached hydrogens (tertiary/aromatic N) is 3. The molecule has 0 bridgehead atoms. The number of halogens is 2. The highest BCUT2D eigenvalue weighted by molar-refractivity contribution is 7.10. The second kappa shape index (κ2) is 8.60. The number of aromatic nitrogens is 1. The molecular formula is C25H21F2N3OS+2. The second-order valence-electron chi connectivity index (χ2n) is 7.77. The third-order valence-corrected chi connectivity index (χ3v) is 6.59. The van der Waals surface area contributed by atoms with E-state index >= 15 is 0 Å². The predicted molar refractivity (Wildman–Crippen MR) is 124 cm³/mol. The molecule has 1 aromatic heterocycles. The van der Waals surface area contributed by atoms with E-state index in [1.54, 1.807) is 31.1 Å². The summed E-state index contributed by atoms with van der Waals surface area (Å²) in [5.74, 6) is 0.637. The first-order valence-electron chi connectivity index (χ1n) is 9.97. The van der Waals surface area contributed by atoms with E-state index in [1.165, 1.54) is 11.3 Å². The monoisotopic (exact) mass is 449 g/mol. The fourth-order valence-corrected chi connectivity index (χ4v) is 4.68. The molecule has 0 saturated carbocycles. The summed E-state index contributed by atoms with van der Waals surface area (Å²) in [5.41, 5.74) is 1.05. The zero-order chi connectivity index (χ0) is 22.9. The summed E-state index contributed by atoms with van der Waals surface area (Å²) in [7, 11) is 1.81. The summed E-state index contributed by atoms with van der Waals surface area (Å²) in [5, 5.41) is 14.3. The Morgan fingerprint density at radius 2 is 2.00 bits per heavy atom. The number of benzene rings is 2. The molecule has 2 heterocycles. The molecular weight excluding hydrogens is 428 g/mol. The number of aliphatic hydroxyl groups is 1. The van der Waals surface area contributed by atoms with E-state index < -0.39 is 23.2 Å². The number of hydrogen-bond acceptors (Lipinski definition) is 3. The average Bonchev–Trinajstić information content (AvgIpc) is 3.44. The van der Waals surface area contributed by atoms with Gasteiger partial charge >= 0.3 is 12.1 Å². The van der Waals surface area contributed by atoms with Crippen molar-refractivity contribution < 1.29 is 18.5 Å². The molecule has 0 fully saturated rings. The minimum absolute atomic E-state index is 0.00115. The van der Waals surface area contributed by atoms with Crippen LogP contribution in [-0.2, 0) is 5.60 Å². The van der Waals surface area contributed by atoms with Crippen molar-refractivity contribution in [3.63, 3.8) is 0 Å². The van der Waals surface area contributed by atoms with E-state index in [9.17, 15) is 13.9 Å². The third-order valence-electron chi connectivity index (χ3n) is 5.56. The molecule has 4 nitrogen and oxygen atoms in total. The van der Waals surface area contributed by atoms with Gasteiger partial charge in [-0.3, -0.25) is 0 Å². The van der Waals surface area contributed by atoms with E-state index in [2.05, 4.69) is 10.6 Å². The first-order valence-corrected chi connectivity index (χ1v) is 10.9. The van der Waals surface area contributed by atoms with Crippen LogP contribution in [0, 0.1) is 24.0 Å². The molecule has 32 heavy (non-hydrogen) atoms. The second-order valence-corrected chi connectivity index (χ2v) is 8.66. The molecule has 4 rings (SSSR count). The van der Waals surface area contributed by atoms with Crippen LogP contribution in [0.2, 0.25) is 0 Å². The number of terminal acetylenes is 1. The molecule has 7 heteroatoms. The van der Waals surface area contributed by atoms with Gasteiger partial charge in [-0.15, -0.1) is 22.3 Å². The maximum Gasteiger partial charge on any atom is 0.521 e. The first-order chi connectivity index (χ1) is 15.3. The van der Waals surface area contributed by atoms with Crippen molar-refractivity contribution in [3.8, 4) is 23.6 Å². The Labute approximate surface area is 189 Å². The first kappa shape index (κ1) is 21.8. The van der Waals surface area contributed by atoms with Crippen molar-refractivity contribution in [2.45, 2.75) is 24.9 Å². The van der Waals surface area contributed by atoms with Gasteiger partial charge in [-0.2, -0.15) is 0 Å². The molecule has 0 spiro atoms. The van der Waals surface area contributed by atoms with E-state index in [1.807, 2.05) is 29.6 Å². The number of hydrogen-bond donors (Lipinski definition) is 1. The molecule has 1 aliphatic heterocycles. The molecule has 3 aromatic rings. The van der Waals surface area contributed by atoms with Gasteiger partial charge in [0, 0.05) is 28.0 Å². The molecule has 0 unspecified atom stereocenters. The Morgan fingerprint density at radius 1 is 1.25 bits per heavy atom. The van der Waals surface area contributed by atoms with Crippen LogP contribution in [0.1, 0.15) is 35.4 Å². The van der Waals surface area contributed by atoms with Crippen molar-refractivity contribution in [1.82, 2.24) is 9.65 Å². The lowest BCUT2D eigenvalue weighted by atomic mass is 9.78. The van der Waals surface area contributed by atoms with Crippen molar-refractivity contribution in [2.75, 3.05) is 7.05 Å². The van der Waals surface area contributed by atoms with Crippen LogP contribution in [0.15, 0.2) is 47.8 Å². The maximum atomic E-state index is 14.8. The van der Waals surface area contributed by atoms with E-state index in [0.717, 1.165) is 35.0 Å². The van der Waals surface area contributed by atoms with E-state index in [0.29, 0.717) is 10.7 Å². The Morgan fingerprint density at radius 3 is 2.66 bits per heavy atom. The van der Waals surface area contributed by atoms with Crippen molar-refractivity contribution in [3.05, 3.63) is 75.6 Å². The highest BCUT2D eigenvalue weighted by Crippen LogP contribution is 2.42. The summed E-state index contributed by atoms with van der Waals surface area (Å²) in [6.07, 6.45) is 8.77. The van der Waals surface area contributed by atoms with Crippen LogP contribution in [0.5, 0.6) is 0 Å². The van der Waals surface area contributed by atoms with Crippen LogP contribution < -0.4 is 4.67 Å². The zero-order valence-electron chi connectivity index (χ0n) is 17.6. The van der Waals surface area contributed by atoms with Crippen LogP contribution in [-0.4, -0.2) is 40.0 Å². The minimum Gasteiger partial charge on any atom is -0.384 e. The van der Waals surface area contributed by atoms with Gasteiger partial charge in [-0.25, -0.2) is 13.8 Å². The lowest BCUT2D eigenvalue weighted by molar-refractivity contribution is -0.351. The van der Waals surface area contributed by atoms with Crippen molar-refractivity contribution in [2.24, 2.45) is 0 Å². The van der Waals surface area contributed by atoms with Gasteiger partial charge in [-0.1, -0.05) is 25.0 Å². The lowest BCUT2D eigenvalue weighted by Crippen LogP contribution is -2.36. The van der Waals surface area contributed by atoms with Gasteiger partial charge in [0.25, 0.3) is 6.21 Å². The molecule has 2 atom stereocenters. The van der Waals surface area contributed by atoms with Crippen molar-refractivity contribution >= 4 is 29.6 Å². The Hall–Kier alpha value is -3.43. The minimum atomic E-state index is -1.76. The predicted octanol–water partition coefficient (Wildman–Crippen LogP) is 3.71. The number of thiazole rings is 1. The van der Waals surface area contributed by atoms with Crippen LogP contribution >= 0.6 is 11.3 Å². The molecule has 0 aliphatic carbocycles. The summed E-state index contributed by atoms with van der Waals surface area (Å²) in [4.78, 5) is 4.69. The largest absolute Gasteiger partial charge is 0.521 e. The van der Waals surface area contributed by atoms with Gasteiger partial charge < -0.3 is 5.11 Å². The molecule has 0 radical (unpaired) electrons. The van der Waals surface area contributed by atoms with Crippen LogP contribution in [0.4, 0.5) is 8.78 Å². The normalized spacial score (nSPS) is 15.6. The van der Waals surface area contributed by atoms with Gasteiger partial charge in [0.15, 0.2) is 0 Å². The van der Waals surface area contributed by atoms with Crippen LogP contribution in [0.25, 0.3) is 11.3 Å². The van der Waals surface area contributed by atoms with Gasteiger partial charge in [0.05, 0.1) is 17.1 Å². The fourth-order valence-electron chi connectivity index (χ4n) is 3.71. The zero-order valence-corrected chi connectivity index (χ0v) is 18.4. The van der Waals surface area contributed by atoms with Crippen molar-refractivity contribution in [1.29, 1.82) is 0 Å². The third kappa shape index (κ3) is 4.17. The maximum absolute atomic E-state index is 14.8. The molecule has 1 aliphatic rings. The molecule has 160 valence electrons. The summed E-state index contributed by atoms with van der Waals surface area (Å²) in [6.45, 7) is 1.76. The summed E-state index contributed by atoms with van der Waals surface area (Å²) < 4.78 is 34.9. The quantitative estimate of drug-likeness (QED) is 0.354. The topological polar surface area (TPSA) is 50.2 Å². The smallest absolute Gasteiger partial charge is 0.384 e. The lowest BCUT2D eigenvalue weighted by Gasteiger charge is -2.32. The highest BCUT2D eigenvalue weighted by Gasteiger charge is 2.45. The highest BCUT2D eigenvalue weighted by atomic mass is 32.1. The molecule has 1 N–H and O–H groups in total. The van der Waals surface area contributed by atoms with Gasteiger partial charge in [0.1, 0.15) is 24.3 Å². The standard InChI is InChI=1S/C25H21F2N3OS/c1-4-17-5-7-18(8-6-17)23-14-32-24(29-23)16(2)25(31,12-20-13-30(3)15-28-20)21-11-19(26)9-10-22(21)27/h1,5-11,13-16,31H,12H2,2-3H3/q+2/t16-,25+/m0/s1. The van der Waals surface area contributed by atoms with E-state index in [4.69, 9.17) is 11.4 Å². The SMILES string of the molecule is C#Cc1ccc(-c2csc([C@H](C)[C@](O)(CC3=[N+]=C[N+](C)=C3)c3cc(F)ccc3F)n2)cc1. The number of rotatable bonds is 6. The molecule has 0 amide bonds. The Kier molecular flexibility index (Phi) is 5.86. The fraction of sp³-hybridized carbons (Fsp3) is 0.200. The summed E-state index contributed by atoms with van der Waals surface area (Å²) in [6, 6.07) is 10.5. The molecule has 0 saturated heterocycles. The van der Waals surface area contributed by atoms with Gasteiger partial charge in [-0.05, 0) is 35.0 Å². The average molecular weight is 450 g/mol. The van der Waals surface area contributed by atoms with Crippen LogP contribution in [0.3, 0.4) is 0 Å². The Balaban J connectivity index is 1.74. The Bertz CT molecular complexity index is 1310. The molecule has 2 aromatic carbocycles. The van der Waals surface area contributed by atoms with Gasteiger partial charge in [0.2, 0.25) is 0 Å².